The fourth-order valence-electron chi connectivity index (χ4n) is 2.85. The van der Waals surface area contributed by atoms with Gasteiger partial charge in [-0.2, -0.15) is 5.26 Å². The zero-order chi connectivity index (χ0) is 17.6. The number of carbonyl (C=O) groups is 1. The van der Waals surface area contributed by atoms with Crippen LogP contribution >= 0.6 is 0 Å². The molecule has 0 saturated heterocycles. The molecule has 8 nitrogen and oxygen atoms in total. The number of hydrogen-bond donors (Lipinski definition) is 2. The molecule has 8 heteroatoms. The molecule has 2 rings (SSSR count). The first-order chi connectivity index (χ1) is 11.5. The minimum atomic E-state index is -0.802. The molecule has 0 spiro atoms. The van der Waals surface area contributed by atoms with Crippen LogP contribution in [0.15, 0.2) is 18.2 Å². The number of nitriles is 1. The highest BCUT2D eigenvalue weighted by molar-refractivity contribution is 5.82. The van der Waals surface area contributed by atoms with Crippen molar-refractivity contribution in [3.63, 3.8) is 0 Å². The lowest BCUT2D eigenvalue weighted by Gasteiger charge is -2.31. The summed E-state index contributed by atoms with van der Waals surface area (Å²) in [4.78, 5) is 22.5. The fourth-order valence-corrected chi connectivity index (χ4v) is 2.85. The number of anilines is 1. The number of nitro groups is 1. The van der Waals surface area contributed by atoms with Crippen molar-refractivity contribution in [3.05, 3.63) is 28.3 Å². The predicted molar refractivity (Wildman–Crippen MR) is 87.7 cm³/mol. The molecule has 0 aliphatic heterocycles. The Labute approximate surface area is 139 Å². The average Bonchev–Trinajstić information content (AvgIpc) is 2.60. The Morgan fingerprint density at radius 1 is 1.42 bits per heavy atom. The second-order valence-electron chi connectivity index (χ2n) is 5.80. The first-order valence-corrected chi connectivity index (χ1v) is 7.78. The molecule has 0 atom stereocenters. The van der Waals surface area contributed by atoms with Crippen molar-refractivity contribution in [2.24, 2.45) is 0 Å². The van der Waals surface area contributed by atoms with Crippen LogP contribution in [0, 0.1) is 21.4 Å². The Morgan fingerprint density at radius 2 is 2.12 bits per heavy atom. The van der Waals surface area contributed by atoms with E-state index in [0.717, 1.165) is 19.3 Å². The molecule has 1 aromatic rings. The van der Waals surface area contributed by atoms with Crippen molar-refractivity contribution < 1.29 is 14.5 Å². The van der Waals surface area contributed by atoms with Crippen LogP contribution in [-0.4, -0.2) is 30.0 Å². The number of amides is 1. The molecular formula is C16H20N4O4. The standard InChI is InChI=1S/C16H20N4O4/c1-24-14-6-5-12(20(22)23)9-13(14)18-10-15(21)19-16(11-17)7-3-2-4-8-16/h5-6,9,18H,2-4,7-8,10H2,1H3,(H,19,21). The normalized spacial score (nSPS) is 15.8. The van der Waals surface area contributed by atoms with Gasteiger partial charge in [0, 0.05) is 12.1 Å². The molecular weight excluding hydrogens is 312 g/mol. The number of rotatable bonds is 6. The molecule has 24 heavy (non-hydrogen) atoms. The highest BCUT2D eigenvalue weighted by Crippen LogP contribution is 2.29. The number of nitrogens with one attached hydrogen (secondary N) is 2. The topological polar surface area (TPSA) is 117 Å². The summed E-state index contributed by atoms with van der Waals surface area (Å²) in [6.45, 7) is -0.0963. The summed E-state index contributed by atoms with van der Waals surface area (Å²) in [6.07, 6.45) is 4.20. The Bertz CT molecular complexity index is 663. The van der Waals surface area contributed by atoms with Crippen molar-refractivity contribution in [2.45, 2.75) is 37.6 Å². The molecule has 1 fully saturated rings. The van der Waals surface area contributed by atoms with Gasteiger partial charge in [0.15, 0.2) is 0 Å². The molecule has 0 unspecified atom stereocenters. The number of carbonyl (C=O) groups excluding carboxylic acids is 1. The number of non-ortho nitro benzene ring substituents is 1. The number of methoxy groups -OCH3 is 1. The Balaban J connectivity index is 2.02. The van der Waals surface area contributed by atoms with Gasteiger partial charge in [0.2, 0.25) is 5.91 Å². The molecule has 1 saturated carbocycles. The van der Waals surface area contributed by atoms with Crippen LogP contribution in [0.5, 0.6) is 5.75 Å². The van der Waals surface area contributed by atoms with Gasteiger partial charge in [0.1, 0.15) is 11.3 Å². The van der Waals surface area contributed by atoms with Crippen molar-refractivity contribution in [2.75, 3.05) is 19.0 Å². The summed E-state index contributed by atoms with van der Waals surface area (Å²) >= 11 is 0. The van der Waals surface area contributed by atoms with E-state index < -0.39 is 10.5 Å². The maximum absolute atomic E-state index is 12.2. The number of benzene rings is 1. The quantitative estimate of drug-likeness (QED) is 0.610. The van der Waals surface area contributed by atoms with E-state index in [0.29, 0.717) is 24.3 Å². The largest absolute Gasteiger partial charge is 0.495 e. The van der Waals surface area contributed by atoms with Gasteiger partial charge in [0.05, 0.1) is 30.3 Å². The van der Waals surface area contributed by atoms with Gasteiger partial charge in [-0.05, 0) is 18.9 Å². The molecule has 1 aliphatic rings. The van der Waals surface area contributed by atoms with E-state index in [1.165, 1.54) is 25.3 Å². The van der Waals surface area contributed by atoms with Crippen LogP contribution in [0.1, 0.15) is 32.1 Å². The zero-order valence-electron chi connectivity index (χ0n) is 13.5. The minimum absolute atomic E-state index is 0.0963. The molecule has 0 radical (unpaired) electrons. The smallest absolute Gasteiger partial charge is 0.271 e. The molecule has 0 bridgehead atoms. The Hall–Kier alpha value is -2.82. The van der Waals surface area contributed by atoms with E-state index in [1.54, 1.807) is 0 Å². The number of ether oxygens (including phenoxy) is 1. The molecule has 128 valence electrons. The third-order valence-electron chi connectivity index (χ3n) is 4.13. The molecule has 0 heterocycles. The van der Waals surface area contributed by atoms with Gasteiger partial charge >= 0.3 is 0 Å². The van der Waals surface area contributed by atoms with Crippen LogP contribution in [0.4, 0.5) is 11.4 Å². The van der Waals surface area contributed by atoms with Gasteiger partial charge in [-0.15, -0.1) is 0 Å². The Morgan fingerprint density at radius 3 is 2.71 bits per heavy atom. The summed E-state index contributed by atoms with van der Waals surface area (Å²) in [6, 6.07) is 6.33. The van der Waals surface area contributed by atoms with E-state index >= 15 is 0 Å². The molecule has 1 aromatic carbocycles. The van der Waals surface area contributed by atoms with Crippen molar-refractivity contribution in [1.82, 2.24) is 5.32 Å². The van der Waals surface area contributed by atoms with Crippen molar-refractivity contribution >= 4 is 17.3 Å². The van der Waals surface area contributed by atoms with Gasteiger partial charge in [-0.25, -0.2) is 0 Å². The number of nitro benzene ring substituents is 1. The van der Waals surface area contributed by atoms with Crippen LogP contribution in [-0.2, 0) is 4.79 Å². The maximum atomic E-state index is 12.2. The second kappa shape index (κ2) is 7.64. The summed E-state index contributed by atoms with van der Waals surface area (Å²) in [5.41, 5.74) is -0.542. The van der Waals surface area contributed by atoms with E-state index in [2.05, 4.69) is 16.7 Å². The molecule has 1 amide bonds. The average molecular weight is 332 g/mol. The second-order valence-corrected chi connectivity index (χ2v) is 5.80. The van der Waals surface area contributed by atoms with Crippen molar-refractivity contribution in [3.8, 4) is 11.8 Å². The lowest BCUT2D eigenvalue weighted by molar-refractivity contribution is -0.384. The zero-order valence-corrected chi connectivity index (χ0v) is 13.5. The predicted octanol–water partition coefficient (Wildman–Crippen LogP) is 2.36. The highest BCUT2D eigenvalue weighted by Gasteiger charge is 2.33. The lowest BCUT2D eigenvalue weighted by Crippen LogP contribution is -2.50. The third-order valence-corrected chi connectivity index (χ3v) is 4.13. The third kappa shape index (κ3) is 4.13. The van der Waals surface area contributed by atoms with Crippen LogP contribution in [0.2, 0.25) is 0 Å². The maximum Gasteiger partial charge on any atom is 0.271 e. The van der Waals surface area contributed by atoms with E-state index in [-0.39, 0.29) is 18.1 Å². The first-order valence-electron chi connectivity index (χ1n) is 7.78. The van der Waals surface area contributed by atoms with E-state index in [4.69, 9.17) is 4.74 Å². The van der Waals surface area contributed by atoms with Gasteiger partial charge in [-0.3, -0.25) is 14.9 Å². The fraction of sp³-hybridized carbons (Fsp3) is 0.500. The van der Waals surface area contributed by atoms with Crippen LogP contribution in [0.3, 0.4) is 0 Å². The van der Waals surface area contributed by atoms with E-state index in [1.807, 2.05) is 0 Å². The van der Waals surface area contributed by atoms with Crippen LogP contribution < -0.4 is 15.4 Å². The van der Waals surface area contributed by atoms with E-state index in [9.17, 15) is 20.2 Å². The van der Waals surface area contributed by atoms with Crippen molar-refractivity contribution in [1.29, 1.82) is 5.26 Å². The van der Waals surface area contributed by atoms with Gasteiger partial charge < -0.3 is 15.4 Å². The first kappa shape index (κ1) is 17.5. The lowest BCUT2D eigenvalue weighted by atomic mass is 9.83. The van der Waals surface area contributed by atoms with Gasteiger partial charge in [0.25, 0.3) is 5.69 Å². The molecule has 0 aromatic heterocycles. The number of nitrogens with zero attached hydrogens (tertiary/aromatic N) is 2. The monoisotopic (exact) mass is 332 g/mol. The summed E-state index contributed by atoms with van der Waals surface area (Å²) < 4.78 is 5.13. The SMILES string of the molecule is COc1ccc([N+](=O)[O-])cc1NCC(=O)NC1(C#N)CCCCC1. The molecule has 2 N–H and O–H groups in total. The molecule has 1 aliphatic carbocycles. The summed E-state index contributed by atoms with van der Waals surface area (Å²) in [5, 5.41) is 25.9. The number of hydrogen-bond acceptors (Lipinski definition) is 6. The summed E-state index contributed by atoms with van der Waals surface area (Å²) in [5.74, 6) is 0.0769. The Kier molecular flexibility index (Phi) is 5.58. The highest BCUT2D eigenvalue weighted by atomic mass is 16.6. The minimum Gasteiger partial charge on any atom is -0.495 e. The summed E-state index contributed by atoms with van der Waals surface area (Å²) in [7, 11) is 1.44. The van der Waals surface area contributed by atoms with Crippen LogP contribution in [0.25, 0.3) is 0 Å². The van der Waals surface area contributed by atoms with Gasteiger partial charge in [-0.1, -0.05) is 19.3 Å².